The van der Waals surface area contributed by atoms with Crippen molar-refractivity contribution in [1.29, 1.82) is 0 Å². The molecule has 1 aromatic rings. The number of fused-ring (bicyclic) bond motifs is 1. The van der Waals surface area contributed by atoms with E-state index in [1.807, 2.05) is 0 Å². The summed E-state index contributed by atoms with van der Waals surface area (Å²) in [5.41, 5.74) is 0.950. The summed E-state index contributed by atoms with van der Waals surface area (Å²) in [4.78, 5) is 0.295. The predicted octanol–water partition coefficient (Wildman–Crippen LogP) is 1.45. The van der Waals surface area contributed by atoms with Gasteiger partial charge in [0.05, 0.1) is 17.6 Å². The molecule has 1 saturated carbocycles. The normalized spacial score (nSPS) is 25.4. The molecular formula is C15H21NO4S. The maximum Gasteiger partial charge on any atom is 0.240 e. The Morgan fingerprint density at radius 2 is 2.19 bits per heavy atom. The van der Waals surface area contributed by atoms with Gasteiger partial charge in [-0.15, -0.1) is 0 Å². The molecule has 1 aliphatic heterocycles. The van der Waals surface area contributed by atoms with Crippen molar-refractivity contribution in [2.45, 2.75) is 43.1 Å². The first-order valence-corrected chi connectivity index (χ1v) is 8.96. The van der Waals surface area contributed by atoms with Crippen LogP contribution in [0.2, 0.25) is 0 Å². The Bertz CT molecular complexity index is 614. The number of aliphatic hydroxyl groups excluding tert-OH is 1. The molecule has 0 saturated heterocycles. The molecule has 2 N–H and O–H groups in total. The lowest BCUT2D eigenvalue weighted by Crippen LogP contribution is -2.33. The Morgan fingerprint density at radius 3 is 3.00 bits per heavy atom. The summed E-state index contributed by atoms with van der Waals surface area (Å²) in [5, 5.41) is 9.64. The Kier molecular flexibility index (Phi) is 4.19. The summed E-state index contributed by atoms with van der Waals surface area (Å²) in [7, 11) is -3.49. The van der Waals surface area contributed by atoms with Crippen LogP contribution in [-0.2, 0) is 16.4 Å². The monoisotopic (exact) mass is 311 g/mol. The maximum atomic E-state index is 12.3. The van der Waals surface area contributed by atoms with Crippen LogP contribution in [0.3, 0.4) is 0 Å². The standard InChI is InChI=1S/C15H21NO4S/c17-13-3-1-2-11(8-13)10-16-21(18,19)14-4-5-15-12(9-14)6-7-20-15/h4-5,9,11,13,16-17H,1-3,6-8,10H2. The summed E-state index contributed by atoms with van der Waals surface area (Å²) < 4.78 is 32.8. The van der Waals surface area contributed by atoms with Crippen molar-refractivity contribution in [2.75, 3.05) is 13.2 Å². The number of benzene rings is 1. The Morgan fingerprint density at radius 1 is 1.33 bits per heavy atom. The number of ether oxygens (including phenoxy) is 1. The molecule has 2 unspecified atom stereocenters. The number of sulfonamides is 1. The highest BCUT2D eigenvalue weighted by Gasteiger charge is 2.23. The second kappa shape index (κ2) is 5.94. The molecule has 0 spiro atoms. The smallest absolute Gasteiger partial charge is 0.240 e. The lowest BCUT2D eigenvalue weighted by Gasteiger charge is -2.25. The zero-order valence-corrected chi connectivity index (χ0v) is 12.7. The predicted molar refractivity (Wildman–Crippen MR) is 78.8 cm³/mol. The SMILES string of the molecule is O=S(=O)(NCC1CCCC(O)C1)c1ccc2c(c1)CCO2. The summed E-state index contributed by atoms with van der Waals surface area (Å²) >= 11 is 0. The van der Waals surface area contributed by atoms with Crippen LogP contribution in [0.1, 0.15) is 31.2 Å². The Hall–Kier alpha value is -1.11. The zero-order chi connectivity index (χ0) is 14.9. The molecular weight excluding hydrogens is 290 g/mol. The third kappa shape index (κ3) is 3.39. The van der Waals surface area contributed by atoms with Gasteiger partial charge < -0.3 is 9.84 Å². The molecule has 6 heteroatoms. The largest absolute Gasteiger partial charge is 0.493 e. The second-order valence-electron chi connectivity index (χ2n) is 5.91. The van der Waals surface area contributed by atoms with Crippen LogP contribution in [0.25, 0.3) is 0 Å². The van der Waals surface area contributed by atoms with Crippen molar-refractivity contribution in [1.82, 2.24) is 4.72 Å². The highest BCUT2D eigenvalue weighted by molar-refractivity contribution is 7.89. The van der Waals surface area contributed by atoms with Gasteiger partial charge in [0, 0.05) is 13.0 Å². The molecule has 1 aromatic carbocycles. The molecule has 1 aliphatic carbocycles. The zero-order valence-electron chi connectivity index (χ0n) is 11.9. The molecule has 3 rings (SSSR count). The number of hydrogen-bond acceptors (Lipinski definition) is 4. The molecule has 0 aromatic heterocycles. The van der Waals surface area contributed by atoms with Gasteiger partial charge in [-0.3, -0.25) is 0 Å². The van der Waals surface area contributed by atoms with Crippen molar-refractivity contribution in [2.24, 2.45) is 5.92 Å². The van der Waals surface area contributed by atoms with Gasteiger partial charge in [-0.1, -0.05) is 6.42 Å². The minimum atomic E-state index is -3.49. The fraction of sp³-hybridized carbons (Fsp3) is 0.600. The molecule has 116 valence electrons. The average molecular weight is 311 g/mol. The number of hydrogen-bond donors (Lipinski definition) is 2. The van der Waals surface area contributed by atoms with E-state index in [1.54, 1.807) is 18.2 Å². The lowest BCUT2D eigenvalue weighted by molar-refractivity contribution is 0.102. The highest BCUT2D eigenvalue weighted by Crippen LogP contribution is 2.28. The molecule has 1 fully saturated rings. The van der Waals surface area contributed by atoms with Crippen LogP contribution in [-0.4, -0.2) is 32.8 Å². The van der Waals surface area contributed by atoms with Crippen LogP contribution in [0.15, 0.2) is 23.1 Å². The van der Waals surface area contributed by atoms with E-state index in [2.05, 4.69) is 4.72 Å². The molecule has 2 atom stereocenters. The van der Waals surface area contributed by atoms with Crippen molar-refractivity contribution >= 4 is 10.0 Å². The topological polar surface area (TPSA) is 75.6 Å². The average Bonchev–Trinajstić information content (AvgIpc) is 2.93. The molecule has 1 heterocycles. The fourth-order valence-corrected chi connectivity index (χ4v) is 4.26. The van der Waals surface area contributed by atoms with E-state index in [-0.39, 0.29) is 12.0 Å². The van der Waals surface area contributed by atoms with E-state index in [0.717, 1.165) is 37.0 Å². The van der Waals surface area contributed by atoms with Gasteiger partial charge in [0.15, 0.2) is 0 Å². The molecule has 0 bridgehead atoms. The van der Waals surface area contributed by atoms with Crippen LogP contribution >= 0.6 is 0 Å². The first kappa shape index (κ1) is 14.8. The third-order valence-corrected chi connectivity index (χ3v) is 5.71. The molecule has 5 nitrogen and oxygen atoms in total. The van der Waals surface area contributed by atoms with Crippen LogP contribution < -0.4 is 9.46 Å². The van der Waals surface area contributed by atoms with Gasteiger partial charge in [-0.2, -0.15) is 0 Å². The van der Waals surface area contributed by atoms with Gasteiger partial charge in [-0.25, -0.2) is 13.1 Å². The van der Waals surface area contributed by atoms with Crippen LogP contribution in [0, 0.1) is 5.92 Å². The van der Waals surface area contributed by atoms with Crippen molar-refractivity contribution in [3.8, 4) is 5.75 Å². The van der Waals surface area contributed by atoms with Crippen LogP contribution in [0.5, 0.6) is 5.75 Å². The van der Waals surface area contributed by atoms with Gasteiger partial charge in [0.25, 0.3) is 0 Å². The first-order valence-electron chi connectivity index (χ1n) is 7.48. The van der Waals surface area contributed by atoms with E-state index >= 15 is 0 Å². The summed E-state index contributed by atoms with van der Waals surface area (Å²) in [6, 6.07) is 5.00. The lowest BCUT2D eigenvalue weighted by atomic mass is 9.87. The Balaban J connectivity index is 1.66. The minimum absolute atomic E-state index is 0.223. The van der Waals surface area contributed by atoms with Gasteiger partial charge >= 0.3 is 0 Å². The van der Waals surface area contributed by atoms with Gasteiger partial charge in [-0.05, 0) is 48.9 Å². The number of rotatable bonds is 4. The molecule has 0 radical (unpaired) electrons. The van der Waals surface area contributed by atoms with E-state index in [1.165, 1.54) is 0 Å². The van der Waals surface area contributed by atoms with E-state index in [0.29, 0.717) is 24.5 Å². The summed E-state index contributed by atoms with van der Waals surface area (Å²) in [6.45, 7) is 1.01. The summed E-state index contributed by atoms with van der Waals surface area (Å²) in [5.74, 6) is 1.01. The number of nitrogens with one attached hydrogen (secondary N) is 1. The van der Waals surface area contributed by atoms with E-state index in [9.17, 15) is 13.5 Å². The summed E-state index contributed by atoms with van der Waals surface area (Å²) in [6.07, 6.45) is 3.91. The highest BCUT2D eigenvalue weighted by atomic mass is 32.2. The van der Waals surface area contributed by atoms with Crippen molar-refractivity contribution in [3.63, 3.8) is 0 Å². The first-order chi connectivity index (χ1) is 10.0. The molecule has 0 amide bonds. The third-order valence-electron chi connectivity index (χ3n) is 4.29. The van der Waals surface area contributed by atoms with Gasteiger partial charge in [0.1, 0.15) is 5.75 Å². The fourth-order valence-electron chi connectivity index (χ4n) is 3.09. The van der Waals surface area contributed by atoms with E-state index in [4.69, 9.17) is 4.74 Å². The van der Waals surface area contributed by atoms with Crippen molar-refractivity contribution < 1.29 is 18.3 Å². The Labute approximate surface area is 125 Å². The number of aliphatic hydroxyl groups is 1. The van der Waals surface area contributed by atoms with Crippen LogP contribution in [0.4, 0.5) is 0 Å². The quantitative estimate of drug-likeness (QED) is 0.882. The van der Waals surface area contributed by atoms with Crippen molar-refractivity contribution in [3.05, 3.63) is 23.8 Å². The maximum absolute atomic E-state index is 12.3. The molecule has 21 heavy (non-hydrogen) atoms. The minimum Gasteiger partial charge on any atom is -0.493 e. The van der Waals surface area contributed by atoms with Gasteiger partial charge in [0.2, 0.25) is 10.0 Å². The van der Waals surface area contributed by atoms with E-state index < -0.39 is 10.0 Å². The molecule has 2 aliphatic rings. The second-order valence-corrected chi connectivity index (χ2v) is 7.67.